The van der Waals surface area contributed by atoms with Crippen molar-refractivity contribution in [2.24, 2.45) is 0 Å². The van der Waals surface area contributed by atoms with Crippen molar-refractivity contribution in [2.45, 2.75) is 17.2 Å². The van der Waals surface area contributed by atoms with Crippen LogP contribution in [-0.2, 0) is 10.0 Å². The predicted octanol–water partition coefficient (Wildman–Crippen LogP) is 1.27. The van der Waals surface area contributed by atoms with Gasteiger partial charge in [-0.15, -0.1) is 0 Å². The maximum Gasteiger partial charge on any atom is 0.339 e. The number of hydrogen-bond donors (Lipinski definition) is 3. The molecule has 3 N–H and O–H groups in total. The summed E-state index contributed by atoms with van der Waals surface area (Å²) < 4.78 is 73.6. The number of rotatable bonds is 6. The van der Waals surface area contributed by atoms with Crippen LogP contribution in [0.5, 0.6) is 5.75 Å². The Bertz CT molecular complexity index is 647. The Hall–Kier alpha value is -1.88. The molecule has 0 unspecified atom stereocenters. The lowest BCUT2D eigenvalue weighted by molar-refractivity contribution is -0.122. The standard InChI is InChI=1S/C10H9F4NO5S/c11-9(12)10(13,14)4-15-21(19,20)5-1-2-7(16)6(3-5)8(17)18/h1-3,9,15-16H,4H2,(H,17,18). The highest BCUT2D eigenvalue weighted by molar-refractivity contribution is 7.89. The summed E-state index contributed by atoms with van der Waals surface area (Å²) in [5, 5.41) is 17.9. The monoisotopic (exact) mass is 331 g/mol. The van der Waals surface area contributed by atoms with Crippen molar-refractivity contribution in [1.29, 1.82) is 0 Å². The van der Waals surface area contributed by atoms with E-state index >= 15 is 0 Å². The van der Waals surface area contributed by atoms with Crippen LogP contribution in [0.4, 0.5) is 17.6 Å². The van der Waals surface area contributed by atoms with E-state index < -0.39 is 51.1 Å². The molecule has 118 valence electrons. The van der Waals surface area contributed by atoms with Crippen LogP contribution in [0.2, 0.25) is 0 Å². The number of alkyl halides is 4. The third kappa shape index (κ3) is 4.04. The quantitative estimate of drug-likeness (QED) is 0.681. The number of phenols is 1. The summed E-state index contributed by atoms with van der Waals surface area (Å²) in [4.78, 5) is 9.95. The first-order valence-corrected chi connectivity index (χ1v) is 6.67. The number of benzene rings is 1. The summed E-state index contributed by atoms with van der Waals surface area (Å²) in [5.41, 5.74) is -0.779. The molecule has 0 amide bonds. The van der Waals surface area contributed by atoms with Gasteiger partial charge in [-0.2, -0.15) is 8.78 Å². The lowest BCUT2D eigenvalue weighted by atomic mass is 10.2. The van der Waals surface area contributed by atoms with Gasteiger partial charge in [-0.25, -0.2) is 26.7 Å². The Morgan fingerprint density at radius 3 is 2.38 bits per heavy atom. The molecule has 1 aromatic carbocycles. The summed E-state index contributed by atoms with van der Waals surface area (Å²) in [6.45, 7) is -1.85. The van der Waals surface area contributed by atoms with Crippen molar-refractivity contribution in [3.05, 3.63) is 23.8 Å². The van der Waals surface area contributed by atoms with E-state index in [0.717, 1.165) is 12.1 Å². The molecular formula is C10H9F4NO5S. The maximum atomic E-state index is 12.7. The minimum Gasteiger partial charge on any atom is -0.507 e. The summed E-state index contributed by atoms with van der Waals surface area (Å²) in [5.74, 6) is -6.96. The van der Waals surface area contributed by atoms with Gasteiger partial charge in [0.05, 0.1) is 11.4 Å². The predicted molar refractivity (Wildman–Crippen MR) is 61.2 cm³/mol. The number of nitrogens with one attached hydrogen (secondary N) is 1. The molecule has 0 radical (unpaired) electrons. The second-order valence-corrected chi connectivity index (χ2v) is 5.64. The van der Waals surface area contributed by atoms with E-state index in [4.69, 9.17) is 5.11 Å². The highest BCUT2D eigenvalue weighted by Gasteiger charge is 2.41. The molecule has 0 aromatic heterocycles. The summed E-state index contributed by atoms with van der Waals surface area (Å²) in [6.07, 6.45) is -4.06. The fourth-order valence-electron chi connectivity index (χ4n) is 1.21. The zero-order chi connectivity index (χ0) is 16.4. The van der Waals surface area contributed by atoms with Crippen molar-refractivity contribution >= 4 is 16.0 Å². The molecule has 0 atom stereocenters. The highest BCUT2D eigenvalue weighted by Crippen LogP contribution is 2.24. The smallest absolute Gasteiger partial charge is 0.339 e. The molecule has 6 nitrogen and oxygen atoms in total. The van der Waals surface area contributed by atoms with Crippen LogP contribution in [0.1, 0.15) is 10.4 Å². The number of carbonyl (C=O) groups is 1. The number of carboxylic acid groups (broad SMARTS) is 1. The summed E-state index contributed by atoms with van der Waals surface area (Å²) >= 11 is 0. The molecule has 1 rings (SSSR count). The molecular weight excluding hydrogens is 322 g/mol. The number of carboxylic acids is 1. The SMILES string of the molecule is O=C(O)c1cc(S(=O)(=O)NCC(F)(F)C(F)F)ccc1O. The normalized spacial score (nSPS) is 12.6. The average Bonchev–Trinajstić information content (AvgIpc) is 2.36. The zero-order valence-electron chi connectivity index (χ0n) is 10.1. The van der Waals surface area contributed by atoms with Gasteiger partial charge in [0.15, 0.2) is 0 Å². The van der Waals surface area contributed by atoms with Crippen LogP contribution >= 0.6 is 0 Å². The van der Waals surface area contributed by atoms with Crippen LogP contribution in [0.25, 0.3) is 0 Å². The Labute approximate surface area is 116 Å². The van der Waals surface area contributed by atoms with Gasteiger partial charge >= 0.3 is 18.3 Å². The third-order valence-corrected chi connectivity index (χ3v) is 3.72. The number of hydrogen-bond acceptors (Lipinski definition) is 4. The maximum absolute atomic E-state index is 12.7. The molecule has 0 saturated heterocycles. The number of sulfonamides is 1. The summed E-state index contributed by atoms with van der Waals surface area (Å²) in [6, 6.07) is 1.98. The first-order valence-electron chi connectivity index (χ1n) is 5.19. The Morgan fingerprint density at radius 1 is 1.33 bits per heavy atom. The lowest BCUT2D eigenvalue weighted by Crippen LogP contribution is -2.41. The minimum absolute atomic E-state index is 0.514. The second kappa shape index (κ2) is 5.85. The van der Waals surface area contributed by atoms with E-state index in [0.29, 0.717) is 6.07 Å². The first-order chi connectivity index (χ1) is 9.47. The van der Waals surface area contributed by atoms with Crippen LogP contribution in [0.3, 0.4) is 0 Å². The van der Waals surface area contributed by atoms with E-state index in [1.807, 2.05) is 0 Å². The Morgan fingerprint density at radius 2 is 1.90 bits per heavy atom. The van der Waals surface area contributed by atoms with Crippen molar-refractivity contribution in [3.8, 4) is 5.75 Å². The van der Waals surface area contributed by atoms with Crippen molar-refractivity contribution in [2.75, 3.05) is 6.54 Å². The number of halogens is 4. The molecule has 0 aliphatic heterocycles. The highest BCUT2D eigenvalue weighted by atomic mass is 32.2. The molecule has 0 spiro atoms. The summed E-state index contributed by atoms with van der Waals surface area (Å²) in [7, 11) is -4.64. The molecule has 0 aliphatic carbocycles. The van der Waals surface area contributed by atoms with Gasteiger partial charge in [-0.3, -0.25) is 0 Å². The van der Waals surface area contributed by atoms with E-state index in [-0.39, 0.29) is 0 Å². The minimum atomic E-state index is -4.64. The van der Waals surface area contributed by atoms with Gasteiger partial charge in [0, 0.05) is 0 Å². The molecule has 0 aliphatic rings. The van der Waals surface area contributed by atoms with Gasteiger partial charge in [0.1, 0.15) is 11.3 Å². The molecule has 0 fully saturated rings. The van der Waals surface area contributed by atoms with Gasteiger partial charge in [-0.05, 0) is 18.2 Å². The van der Waals surface area contributed by atoms with E-state index in [9.17, 15) is 35.9 Å². The fourth-order valence-corrected chi connectivity index (χ4v) is 2.27. The molecule has 0 saturated carbocycles. The van der Waals surface area contributed by atoms with Gasteiger partial charge in [-0.1, -0.05) is 0 Å². The lowest BCUT2D eigenvalue weighted by Gasteiger charge is -2.16. The third-order valence-electron chi connectivity index (χ3n) is 2.33. The van der Waals surface area contributed by atoms with E-state index in [2.05, 4.69) is 0 Å². The van der Waals surface area contributed by atoms with Crippen LogP contribution in [0, 0.1) is 0 Å². The fraction of sp³-hybridized carbons (Fsp3) is 0.300. The van der Waals surface area contributed by atoms with E-state index in [1.54, 1.807) is 0 Å². The number of aromatic hydroxyl groups is 1. The van der Waals surface area contributed by atoms with Gasteiger partial charge in [0.25, 0.3) is 0 Å². The van der Waals surface area contributed by atoms with Crippen LogP contribution < -0.4 is 4.72 Å². The van der Waals surface area contributed by atoms with Crippen LogP contribution in [-0.4, -0.2) is 43.5 Å². The first kappa shape index (κ1) is 17.2. The van der Waals surface area contributed by atoms with Crippen molar-refractivity contribution in [3.63, 3.8) is 0 Å². The Kier molecular flexibility index (Phi) is 4.79. The average molecular weight is 331 g/mol. The molecule has 11 heteroatoms. The topological polar surface area (TPSA) is 104 Å². The van der Waals surface area contributed by atoms with Gasteiger partial charge < -0.3 is 10.2 Å². The molecule has 1 aromatic rings. The Balaban J connectivity index is 3.04. The number of aromatic carboxylic acids is 1. The zero-order valence-corrected chi connectivity index (χ0v) is 10.9. The van der Waals surface area contributed by atoms with Crippen molar-refractivity contribution < 1.29 is 41.0 Å². The van der Waals surface area contributed by atoms with Gasteiger partial charge in [0.2, 0.25) is 10.0 Å². The van der Waals surface area contributed by atoms with E-state index in [1.165, 1.54) is 4.72 Å². The molecule has 0 heterocycles. The second-order valence-electron chi connectivity index (χ2n) is 3.87. The largest absolute Gasteiger partial charge is 0.507 e. The molecule has 21 heavy (non-hydrogen) atoms. The molecule has 0 bridgehead atoms. The van der Waals surface area contributed by atoms with Crippen molar-refractivity contribution in [1.82, 2.24) is 4.72 Å². The van der Waals surface area contributed by atoms with Crippen LogP contribution in [0.15, 0.2) is 23.1 Å².